The van der Waals surface area contributed by atoms with Crippen LogP contribution in [0.2, 0.25) is 5.15 Å². The highest BCUT2D eigenvalue weighted by molar-refractivity contribution is 7.89. The number of nitrogens with zero attached hydrogens (tertiary/aromatic N) is 2. The Kier molecular flexibility index (Phi) is 4.21. The summed E-state index contributed by atoms with van der Waals surface area (Å²) in [5.41, 5.74) is 0. The normalized spacial score (nSPS) is 22.0. The van der Waals surface area contributed by atoms with Gasteiger partial charge in [-0.15, -0.1) is 0 Å². The van der Waals surface area contributed by atoms with Gasteiger partial charge in [-0.1, -0.05) is 18.5 Å². The van der Waals surface area contributed by atoms with E-state index in [-0.39, 0.29) is 16.1 Å². The van der Waals surface area contributed by atoms with Crippen molar-refractivity contribution in [1.29, 1.82) is 0 Å². The summed E-state index contributed by atoms with van der Waals surface area (Å²) in [6.45, 7) is 3.13. The zero-order chi connectivity index (χ0) is 13.2. The quantitative estimate of drug-likeness (QED) is 0.792. The van der Waals surface area contributed by atoms with Gasteiger partial charge < -0.3 is 4.74 Å². The summed E-state index contributed by atoms with van der Waals surface area (Å²) < 4.78 is 31.8. The first-order valence-corrected chi connectivity index (χ1v) is 7.59. The summed E-state index contributed by atoms with van der Waals surface area (Å²) >= 11 is 5.87. The minimum atomic E-state index is -3.60. The molecule has 5 nitrogen and oxygen atoms in total. The Balaban J connectivity index is 2.39. The predicted octanol–water partition coefficient (Wildman–Crippen LogP) is 1.53. The lowest BCUT2D eigenvalue weighted by molar-refractivity contribution is 0.0314. The molecule has 1 atom stereocenters. The van der Waals surface area contributed by atoms with E-state index in [0.717, 1.165) is 0 Å². The van der Waals surface area contributed by atoms with Crippen LogP contribution in [0.4, 0.5) is 0 Å². The fraction of sp³-hybridized carbons (Fsp3) is 0.545. The van der Waals surface area contributed by atoms with Crippen LogP contribution in [0.5, 0.6) is 0 Å². The van der Waals surface area contributed by atoms with E-state index in [0.29, 0.717) is 26.2 Å². The Labute approximate surface area is 112 Å². The number of rotatable bonds is 3. The number of ether oxygens (including phenoxy) is 1. The molecule has 100 valence electrons. The summed E-state index contributed by atoms with van der Waals surface area (Å²) in [4.78, 5) is 3.88. The summed E-state index contributed by atoms with van der Waals surface area (Å²) in [7, 11) is -3.60. The molecule has 1 aromatic rings. The topological polar surface area (TPSA) is 59.5 Å². The summed E-state index contributed by atoms with van der Waals surface area (Å²) in [5.74, 6) is 0. The van der Waals surface area contributed by atoms with Crippen molar-refractivity contribution in [2.75, 3.05) is 19.8 Å². The van der Waals surface area contributed by atoms with Gasteiger partial charge in [0.25, 0.3) is 0 Å². The van der Waals surface area contributed by atoms with Gasteiger partial charge in [0, 0.05) is 18.8 Å². The lowest BCUT2D eigenvalue weighted by atomic mass is 10.2. The number of halogens is 1. The van der Waals surface area contributed by atoms with E-state index in [1.165, 1.54) is 16.6 Å². The minimum Gasteiger partial charge on any atom is -0.378 e. The number of aromatic nitrogens is 1. The Morgan fingerprint density at radius 2 is 2.39 bits per heavy atom. The maximum Gasteiger partial charge on any atom is 0.246 e. The van der Waals surface area contributed by atoms with Gasteiger partial charge in [0.1, 0.15) is 10.0 Å². The highest BCUT2D eigenvalue weighted by Gasteiger charge is 2.34. The standard InChI is InChI=1S/C11H15ClN2O3S/c1-2-9-8-17-7-6-14(9)18(15,16)10-4-3-5-13-11(10)12/h3-5,9H,2,6-8H2,1H3. The van der Waals surface area contributed by atoms with Gasteiger partial charge in [-0.25, -0.2) is 13.4 Å². The van der Waals surface area contributed by atoms with Crippen molar-refractivity contribution in [3.05, 3.63) is 23.5 Å². The SMILES string of the molecule is CCC1COCCN1S(=O)(=O)c1cccnc1Cl. The molecule has 0 amide bonds. The summed E-state index contributed by atoms with van der Waals surface area (Å²) in [6, 6.07) is 2.91. The molecular weight excluding hydrogens is 276 g/mol. The largest absolute Gasteiger partial charge is 0.378 e. The van der Waals surface area contributed by atoms with Crippen molar-refractivity contribution >= 4 is 21.6 Å². The zero-order valence-corrected chi connectivity index (χ0v) is 11.6. The Hall–Kier alpha value is -0.690. The Morgan fingerprint density at radius 3 is 3.06 bits per heavy atom. The third kappa shape index (κ3) is 2.51. The molecular formula is C11H15ClN2O3S. The van der Waals surface area contributed by atoms with E-state index < -0.39 is 10.0 Å². The van der Waals surface area contributed by atoms with Crippen LogP contribution in [-0.2, 0) is 14.8 Å². The monoisotopic (exact) mass is 290 g/mol. The molecule has 0 N–H and O–H groups in total. The van der Waals surface area contributed by atoms with Gasteiger partial charge in [0.15, 0.2) is 0 Å². The average molecular weight is 291 g/mol. The van der Waals surface area contributed by atoms with E-state index in [9.17, 15) is 8.42 Å². The highest BCUT2D eigenvalue weighted by Crippen LogP contribution is 2.25. The lowest BCUT2D eigenvalue weighted by Gasteiger charge is -2.33. The summed E-state index contributed by atoms with van der Waals surface area (Å²) in [5, 5.41) is 0.0128. The average Bonchev–Trinajstić information content (AvgIpc) is 2.39. The second-order valence-corrected chi connectivity index (χ2v) is 6.26. The molecule has 2 rings (SSSR count). The van der Waals surface area contributed by atoms with Crippen LogP contribution < -0.4 is 0 Å². The number of sulfonamides is 1. The second-order valence-electron chi connectivity index (χ2n) is 4.05. The smallest absolute Gasteiger partial charge is 0.246 e. The number of morpholine rings is 1. The van der Waals surface area contributed by atoms with Crippen LogP contribution >= 0.6 is 11.6 Å². The number of hydrogen-bond donors (Lipinski definition) is 0. The maximum absolute atomic E-state index is 12.5. The molecule has 1 saturated heterocycles. The van der Waals surface area contributed by atoms with Gasteiger partial charge in [-0.05, 0) is 18.6 Å². The lowest BCUT2D eigenvalue weighted by Crippen LogP contribution is -2.48. The van der Waals surface area contributed by atoms with E-state index in [4.69, 9.17) is 16.3 Å². The molecule has 7 heteroatoms. The van der Waals surface area contributed by atoms with Crippen molar-refractivity contribution in [2.24, 2.45) is 0 Å². The molecule has 1 fully saturated rings. The third-order valence-electron chi connectivity index (χ3n) is 2.96. The molecule has 1 aliphatic rings. The van der Waals surface area contributed by atoms with Crippen molar-refractivity contribution in [3.63, 3.8) is 0 Å². The zero-order valence-electron chi connectivity index (χ0n) is 10.0. The van der Waals surface area contributed by atoms with Gasteiger partial charge >= 0.3 is 0 Å². The van der Waals surface area contributed by atoms with Crippen LogP contribution in [0.25, 0.3) is 0 Å². The van der Waals surface area contributed by atoms with Gasteiger partial charge in [-0.3, -0.25) is 0 Å². The van der Waals surface area contributed by atoms with Gasteiger partial charge in [0.2, 0.25) is 10.0 Å². The van der Waals surface area contributed by atoms with Gasteiger partial charge in [0.05, 0.1) is 13.2 Å². The highest BCUT2D eigenvalue weighted by atomic mass is 35.5. The molecule has 1 aromatic heterocycles. The van der Waals surface area contributed by atoms with Gasteiger partial charge in [-0.2, -0.15) is 4.31 Å². The predicted molar refractivity (Wildman–Crippen MR) is 68.0 cm³/mol. The molecule has 0 radical (unpaired) electrons. The van der Waals surface area contributed by atoms with E-state index in [1.54, 1.807) is 6.07 Å². The molecule has 0 spiro atoms. The molecule has 0 saturated carbocycles. The van der Waals surface area contributed by atoms with Crippen molar-refractivity contribution in [3.8, 4) is 0 Å². The van der Waals surface area contributed by atoms with Crippen LogP contribution in [0.1, 0.15) is 13.3 Å². The molecule has 1 aliphatic heterocycles. The molecule has 0 bridgehead atoms. The maximum atomic E-state index is 12.5. The molecule has 2 heterocycles. The second kappa shape index (κ2) is 5.52. The number of pyridine rings is 1. The fourth-order valence-electron chi connectivity index (χ4n) is 1.97. The first kappa shape index (κ1) is 13.7. The first-order chi connectivity index (χ1) is 8.57. The number of hydrogen-bond acceptors (Lipinski definition) is 4. The molecule has 18 heavy (non-hydrogen) atoms. The van der Waals surface area contributed by atoms with Crippen molar-refractivity contribution in [2.45, 2.75) is 24.3 Å². The van der Waals surface area contributed by atoms with Crippen LogP contribution in [0, 0.1) is 0 Å². The fourth-order valence-corrected chi connectivity index (χ4v) is 4.07. The molecule has 0 aromatic carbocycles. The Bertz CT molecular complexity index is 521. The molecule has 1 unspecified atom stereocenters. The molecule has 0 aliphatic carbocycles. The van der Waals surface area contributed by atoms with Crippen molar-refractivity contribution < 1.29 is 13.2 Å². The van der Waals surface area contributed by atoms with Crippen LogP contribution in [-0.4, -0.2) is 43.5 Å². The van der Waals surface area contributed by atoms with Crippen LogP contribution in [0.15, 0.2) is 23.2 Å². The van der Waals surface area contributed by atoms with E-state index >= 15 is 0 Å². The summed E-state index contributed by atoms with van der Waals surface area (Å²) in [6.07, 6.45) is 2.18. The van der Waals surface area contributed by atoms with Crippen molar-refractivity contribution in [1.82, 2.24) is 9.29 Å². The minimum absolute atomic E-state index is 0.0128. The van der Waals surface area contributed by atoms with E-state index in [2.05, 4.69) is 4.98 Å². The van der Waals surface area contributed by atoms with E-state index in [1.807, 2.05) is 6.92 Å². The Morgan fingerprint density at radius 1 is 1.61 bits per heavy atom. The third-order valence-corrected chi connectivity index (χ3v) is 5.35. The van der Waals surface area contributed by atoms with Crippen LogP contribution in [0.3, 0.4) is 0 Å². The first-order valence-electron chi connectivity index (χ1n) is 5.77.